The zero-order chi connectivity index (χ0) is 14.1. The number of halogens is 2. The predicted molar refractivity (Wildman–Crippen MR) is 75.4 cm³/mol. The van der Waals surface area contributed by atoms with E-state index in [1.807, 2.05) is 12.1 Å². The third-order valence-corrected chi connectivity index (χ3v) is 3.65. The van der Waals surface area contributed by atoms with Crippen molar-refractivity contribution in [2.45, 2.75) is 12.2 Å². The second-order valence-corrected chi connectivity index (χ2v) is 5.44. The van der Waals surface area contributed by atoms with Gasteiger partial charge in [-0.15, -0.1) is 0 Å². The summed E-state index contributed by atoms with van der Waals surface area (Å²) in [6.45, 7) is 0.171. The summed E-state index contributed by atoms with van der Waals surface area (Å²) in [5.74, 6) is 0.715. The zero-order valence-electron chi connectivity index (χ0n) is 10.4. The zero-order valence-corrected chi connectivity index (χ0v) is 12.0. The first kappa shape index (κ1) is 13.4. The quantitative estimate of drug-likeness (QED) is 0.911. The molecular formula is C15H12BrFO3. The lowest BCUT2D eigenvalue weighted by molar-refractivity contribution is -0.0128. The van der Waals surface area contributed by atoms with Gasteiger partial charge < -0.3 is 14.6 Å². The Labute approximate surface area is 124 Å². The lowest BCUT2D eigenvalue weighted by Crippen LogP contribution is -2.35. The molecular weight excluding hydrogens is 327 g/mol. The average molecular weight is 339 g/mol. The average Bonchev–Trinajstić information content (AvgIpc) is 2.48. The molecule has 1 N–H and O–H groups in total. The maximum Gasteiger partial charge on any atom is 0.163 e. The van der Waals surface area contributed by atoms with Crippen molar-refractivity contribution in [1.82, 2.24) is 0 Å². The first-order valence-corrected chi connectivity index (χ1v) is 6.96. The molecule has 5 heteroatoms. The third-order valence-electron chi connectivity index (χ3n) is 3.16. The van der Waals surface area contributed by atoms with Crippen LogP contribution >= 0.6 is 15.9 Å². The number of benzene rings is 2. The van der Waals surface area contributed by atoms with Crippen LogP contribution < -0.4 is 9.47 Å². The van der Waals surface area contributed by atoms with E-state index in [1.165, 1.54) is 6.07 Å². The highest BCUT2D eigenvalue weighted by Gasteiger charge is 2.30. The van der Waals surface area contributed by atoms with Gasteiger partial charge in [0.1, 0.15) is 18.5 Å². The van der Waals surface area contributed by atoms with E-state index in [-0.39, 0.29) is 12.2 Å². The molecule has 2 unspecified atom stereocenters. The fraction of sp³-hybridized carbons (Fsp3) is 0.200. The van der Waals surface area contributed by atoms with Crippen molar-refractivity contribution in [3.63, 3.8) is 0 Å². The molecule has 0 bridgehead atoms. The Kier molecular flexibility index (Phi) is 3.63. The molecule has 3 rings (SSSR count). The van der Waals surface area contributed by atoms with Gasteiger partial charge in [0.05, 0.1) is 0 Å². The molecule has 0 spiro atoms. The van der Waals surface area contributed by atoms with Gasteiger partial charge in [0.15, 0.2) is 17.6 Å². The molecule has 0 saturated heterocycles. The number of aliphatic hydroxyl groups excluding tert-OH is 1. The number of ether oxygens (including phenoxy) is 2. The third kappa shape index (κ3) is 2.51. The van der Waals surface area contributed by atoms with E-state index in [4.69, 9.17) is 9.47 Å². The Balaban J connectivity index is 1.85. The van der Waals surface area contributed by atoms with Gasteiger partial charge >= 0.3 is 0 Å². The van der Waals surface area contributed by atoms with Gasteiger partial charge in [0, 0.05) is 10.0 Å². The lowest BCUT2D eigenvalue weighted by atomic mass is 10.0. The molecule has 3 nitrogen and oxygen atoms in total. The summed E-state index contributed by atoms with van der Waals surface area (Å²) in [5.41, 5.74) is 0.187. The van der Waals surface area contributed by atoms with Gasteiger partial charge in [-0.2, -0.15) is 0 Å². The maximum atomic E-state index is 13.8. The molecule has 0 radical (unpaired) electrons. The number of hydrogen-bond acceptors (Lipinski definition) is 3. The van der Waals surface area contributed by atoms with Crippen molar-refractivity contribution in [2.24, 2.45) is 0 Å². The number of aliphatic hydroxyl groups is 1. The van der Waals surface area contributed by atoms with E-state index < -0.39 is 18.0 Å². The minimum absolute atomic E-state index is 0.171. The molecule has 0 fully saturated rings. The maximum absolute atomic E-state index is 13.8. The fourth-order valence-electron chi connectivity index (χ4n) is 2.13. The molecule has 1 aliphatic heterocycles. The minimum Gasteiger partial charge on any atom is -0.486 e. The van der Waals surface area contributed by atoms with Crippen molar-refractivity contribution in [1.29, 1.82) is 0 Å². The predicted octanol–water partition coefficient (Wildman–Crippen LogP) is 3.46. The first-order valence-electron chi connectivity index (χ1n) is 6.16. The van der Waals surface area contributed by atoms with Crippen molar-refractivity contribution >= 4 is 15.9 Å². The Morgan fingerprint density at radius 3 is 2.75 bits per heavy atom. The smallest absolute Gasteiger partial charge is 0.163 e. The largest absolute Gasteiger partial charge is 0.486 e. The van der Waals surface area contributed by atoms with E-state index in [0.29, 0.717) is 16.0 Å². The van der Waals surface area contributed by atoms with Crippen molar-refractivity contribution in [2.75, 3.05) is 6.61 Å². The molecule has 0 saturated carbocycles. The van der Waals surface area contributed by atoms with Crippen LogP contribution in [0.15, 0.2) is 46.9 Å². The summed E-state index contributed by atoms with van der Waals surface area (Å²) in [6, 6.07) is 11.6. The van der Waals surface area contributed by atoms with Crippen LogP contribution in [-0.4, -0.2) is 17.8 Å². The molecule has 1 heterocycles. The van der Waals surface area contributed by atoms with Crippen molar-refractivity contribution in [3.05, 3.63) is 58.3 Å². The normalized spacial score (nSPS) is 18.6. The van der Waals surface area contributed by atoms with Crippen LogP contribution in [0.1, 0.15) is 11.7 Å². The van der Waals surface area contributed by atoms with Gasteiger partial charge in [0.25, 0.3) is 0 Å². The summed E-state index contributed by atoms with van der Waals surface area (Å²) in [6.07, 6.45) is -1.74. The topological polar surface area (TPSA) is 38.7 Å². The summed E-state index contributed by atoms with van der Waals surface area (Å²) < 4.78 is 25.7. The SMILES string of the molecule is OC(c1cc(Br)ccc1F)C1COc2ccccc2O1. The molecule has 1 aliphatic rings. The van der Waals surface area contributed by atoms with E-state index >= 15 is 0 Å². The van der Waals surface area contributed by atoms with E-state index in [0.717, 1.165) is 0 Å². The van der Waals surface area contributed by atoms with Crippen molar-refractivity contribution < 1.29 is 19.0 Å². The van der Waals surface area contributed by atoms with E-state index in [9.17, 15) is 9.50 Å². The van der Waals surface area contributed by atoms with Gasteiger partial charge in [-0.05, 0) is 30.3 Å². The summed E-state index contributed by atoms with van der Waals surface area (Å²) in [4.78, 5) is 0. The number of hydrogen-bond donors (Lipinski definition) is 1. The summed E-state index contributed by atoms with van der Waals surface area (Å²) >= 11 is 3.26. The van der Waals surface area contributed by atoms with Gasteiger partial charge in [0.2, 0.25) is 0 Å². The molecule has 2 atom stereocenters. The van der Waals surface area contributed by atoms with Gasteiger partial charge in [-0.3, -0.25) is 0 Å². The molecule has 20 heavy (non-hydrogen) atoms. The van der Waals surface area contributed by atoms with Crippen LogP contribution in [0, 0.1) is 5.82 Å². The van der Waals surface area contributed by atoms with E-state index in [1.54, 1.807) is 24.3 Å². The Morgan fingerprint density at radius 2 is 1.95 bits per heavy atom. The molecule has 2 aromatic rings. The molecule has 0 aliphatic carbocycles. The first-order chi connectivity index (χ1) is 9.65. The number of fused-ring (bicyclic) bond motifs is 1. The standard InChI is InChI=1S/C15H12BrFO3/c16-9-5-6-11(17)10(7-9)15(18)14-8-19-12-3-1-2-4-13(12)20-14/h1-7,14-15,18H,8H2. The Hall–Kier alpha value is -1.59. The Morgan fingerprint density at radius 1 is 1.20 bits per heavy atom. The van der Waals surface area contributed by atoms with Crippen LogP contribution in [0.2, 0.25) is 0 Å². The lowest BCUT2D eigenvalue weighted by Gasteiger charge is -2.30. The minimum atomic E-state index is -1.10. The highest BCUT2D eigenvalue weighted by molar-refractivity contribution is 9.10. The van der Waals surface area contributed by atoms with Crippen LogP contribution in [-0.2, 0) is 0 Å². The van der Waals surface area contributed by atoms with Gasteiger partial charge in [-0.25, -0.2) is 4.39 Å². The second-order valence-electron chi connectivity index (χ2n) is 4.52. The molecule has 0 aromatic heterocycles. The molecule has 0 amide bonds. The van der Waals surface area contributed by atoms with Gasteiger partial charge in [-0.1, -0.05) is 28.1 Å². The van der Waals surface area contributed by atoms with Crippen molar-refractivity contribution in [3.8, 4) is 11.5 Å². The van der Waals surface area contributed by atoms with E-state index in [2.05, 4.69) is 15.9 Å². The van der Waals surface area contributed by atoms with Crippen LogP contribution in [0.5, 0.6) is 11.5 Å². The number of rotatable bonds is 2. The number of para-hydroxylation sites is 2. The monoisotopic (exact) mass is 338 g/mol. The summed E-state index contributed by atoms with van der Waals surface area (Å²) in [7, 11) is 0. The fourth-order valence-corrected chi connectivity index (χ4v) is 2.51. The highest BCUT2D eigenvalue weighted by atomic mass is 79.9. The molecule has 104 valence electrons. The highest BCUT2D eigenvalue weighted by Crippen LogP contribution is 2.35. The molecule has 2 aromatic carbocycles. The van der Waals surface area contributed by atoms with Crippen LogP contribution in [0.25, 0.3) is 0 Å². The second kappa shape index (κ2) is 5.42. The van der Waals surface area contributed by atoms with Crippen LogP contribution in [0.4, 0.5) is 4.39 Å². The Bertz CT molecular complexity index is 632. The summed E-state index contributed by atoms with van der Waals surface area (Å²) in [5, 5.41) is 10.3. The van der Waals surface area contributed by atoms with Crippen LogP contribution in [0.3, 0.4) is 0 Å².